The summed E-state index contributed by atoms with van der Waals surface area (Å²) >= 11 is 0.770. The van der Waals surface area contributed by atoms with E-state index in [4.69, 9.17) is 11.5 Å². The van der Waals surface area contributed by atoms with Gasteiger partial charge in [0.05, 0.1) is 5.69 Å². The molecule has 2 heterocycles. The van der Waals surface area contributed by atoms with Crippen molar-refractivity contribution in [3.8, 4) is 0 Å². The molecule has 0 radical (unpaired) electrons. The molecule has 10 heteroatoms. The van der Waals surface area contributed by atoms with Gasteiger partial charge in [0.15, 0.2) is 5.69 Å². The fraction of sp³-hybridized carbons (Fsp3) is 0.320. The average Bonchev–Trinajstić information content (AvgIpc) is 3.18. The molecule has 0 spiro atoms. The lowest BCUT2D eigenvalue weighted by atomic mass is 9.99. The van der Waals surface area contributed by atoms with Crippen LogP contribution in [0.15, 0.2) is 48.8 Å². The van der Waals surface area contributed by atoms with Crippen molar-refractivity contribution in [2.45, 2.75) is 52.1 Å². The number of amides is 3. The summed E-state index contributed by atoms with van der Waals surface area (Å²) in [6.07, 6.45) is 3.12. The van der Waals surface area contributed by atoms with Crippen LogP contribution in [0.4, 0.5) is 11.4 Å². The fourth-order valence-corrected chi connectivity index (χ4v) is 4.29. The maximum atomic E-state index is 14.0. The summed E-state index contributed by atoms with van der Waals surface area (Å²) in [5.41, 5.74) is 12.7. The second kappa shape index (κ2) is 10.2. The van der Waals surface area contributed by atoms with Gasteiger partial charge in [-0.05, 0) is 73.6 Å². The van der Waals surface area contributed by atoms with E-state index in [1.165, 1.54) is 4.90 Å². The van der Waals surface area contributed by atoms with Crippen molar-refractivity contribution in [1.82, 2.24) is 14.7 Å². The molecule has 3 rings (SSSR count). The SMILES string of the molecule is CC(C)c1ccc(N(C(=O)c2snc(C(N)=O)c2N)C(C(=O)NC(C)(C)C)c2ccncc2)cc1. The van der Waals surface area contributed by atoms with E-state index < -0.39 is 23.4 Å². The van der Waals surface area contributed by atoms with Gasteiger partial charge in [-0.1, -0.05) is 26.0 Å². The highest BCUT2D eigenvalue weighted by molar-refractivity contribution is 7.09. The molecule has 184 valence electrons. The molecule has 5 N–H and O–H groups in total. The Hall–Kier alpha value is -3.79. The lowest BCUT2D eigenvalue weighted by Crippen LogP contribution is -2.49. The molecule has 1 aromatic carbocycles. The molecular weight excluding hydrogens is 464 g/mol. The van der Waals surface area contributed by atoms with E-state index in [0.29, 0.717) is 11.3 Å². The van der Waals surface area contributed by atoms with Gasteiger partial charge < -0.3 is 16.8 Å². The van der Waals surface area contributed by atoms with Gasteiger partial charge in [0.25, 0.3) is 11.8 Å². The molecule has 3 aromatic rings. The molecule has 0 bridgehead atoms. The Morgan fingerprint density at radius 2 is 1.60 bits per heavy atom. The third kappa shape index (κ3) is 5.83. The van der Waals surface area contributed by atoms with Crippen LogP contribution in [-0.4, -0.2) is 32.6 Å². The highest BCUT2D eigenvalue weighted by Gasteiger charge is 2.37. The summed E-state index contributed by atoms with van der Waals surface area (Å²) in [5, 5.41) is 2.97. The van der Waals surface area contributed by atoms with Crippen LogP contribution in [0.1, 0.15) is 77.9 Å². The number of hydrogen-bond donors (Lipinski definition) is 3. The molecule has 0 aliphatic carbocycles. The van der Waals surface area contributed by atoms with Gasteiger partial charge in [0.1, 0.15) is 10.9 Å². The number of carbonyl (C=O) groups is 3. The van der Waals surface area contributed by atoms with Gasteiger partial charge >= 0.3 is 0 Å². The zero-order valence-corrected chi connectivity index (χ0v) is 21.2. The monoisotopic (exact) mass is 494 g/mol. The number of aromatic nitrogens is 2. The Morgan fingerprint density at radius 3 is 2.09 bits per heavy atom. The van der Waals surface area contributed by atoms with Gasteiger partial charge in [-0.25, -0.2) is 0 Å². The van der Waals surface area contributed by atoms with Gasteiger partial charge in [-0.15, -0.1) is 0 Å². The van der Waals surface area contributed by atoms with Crippen molar-refractivity contribution < 1.29 is 14.4 Å². The second-order valence-electron chi connectivity index (χ2n) is 9.48. The molecule has 0 fully saturated rings. The third-order valence-electron chi connectivity index (χ3n) is 5.24. The Kier molecular flexibility index (Phi) is 7.54. The number of hydrogen-bond acceptors (Lipinski definition) is 7. The van der Waals surface area contributed by atoms with Crippen LogP contribution in [0.25, 0.3) is 0 Å². The van der Waals surface area contributed by atoms with Crippen molar-refractivity contribution in [2.24, 2.45) is 5.73 Å². The minimum atomic E-state index is -1.05. The number of pyridine rings is 1. The first kappa shape index (κ1) is 25.8. The van der Waals surface area contributed by atoms with Crippen LogP contribution in [-0.2, 0) is 4.79 Å². The van der Waals surface area contributed by atoms with E-state index in [1.807, 2.05) is 32.9 Å². The number of nitrogen functional groups attached to an aromatic ring is 1. The van der Waals surface area contributed by atoms with E-state index in [0.717, 1.165) is 17.1 Å². The van der Waals surface area contributed by atoms with E-state index >= 15 is 0 Å². The fourth-order valence-electron chi connectivity index (χ4n) is 3.54. The second-order valence-corrected chi connectivity index (χ2v) is 10.3. The molecule has 0 aliphatic heterocycles. The van der Waals surface area contributed by atoms with Crippen LogP contribution in [0, 0.1) is 0 Å². The predicted octanol–water partition coefficient (Wildman–Crippen LogP) is 3.65. The largest absolute Gasteiger partial charge is 0.395 e. The summed E-state index contributed by atoms with van der Waals surface area (Å²) in [5.74, 6) is -1.51. The molecule has 9 nitrogen and oxygen atoms in total. The van der Waals surface area contributed by atoms with Crippen LogP contribution >= 0.6 is 11.5 Å². The summed E-state index contributed by atoms with van der Waals surface area (Å²) in [4.78, 5) is 44.8. The summed E-state index contributed by atoms with van der Waals surface area (Å²) in [7, 11) is 0. The summed E-state index contributed by atoms with van der Waals surface area (Å²) in [6, 6.07) is 9.72. The van der Waals surface area contributed by atoms with Crippen LogP contribution < -0.4 is 21.7 Å². The highest BCUT2D eigenvalue weighted by atomic mass is 32.1. The van der Waals surface area contributed by atoms with Gasteiger partial charge in [0, 0.05) is 23.6 Å². The van der Waals surface area contributed by atoms with Crippen molar-refractivity contribution in [3.63, 3.8) is 0 Å². The maximum Gasteiger partial charge on any atom is 0.273 e. The smallest absolute Gasteiger partial charge is 0.273 e. The molecular formula is C25H30N6O3S. The number of carbonyl (C=O) groups excluding carboxylic acids is 3. The lowest BCUT2D eigenvalue weighted by molar-refractivity contribution is -0.123. The maximum absolute atomic E-state index is 14.0. The van der Waals surface area contributed by atoms with Gasteiger partial charge in [-0.3, -0.25) is 24.3 Å². The van der Waals surface area contributed by atoms with Gasteiger partial charge in [-0.2, -0.15) is 4.37 Å². The first-order chi connectivity index (χ1) is 16.4. The third-order valence-corrected chi connectivity index (χ3v) is 6.09. The Balaban J connectivity index is 2.22. The normalized spacial score (nSPS) is 12.3. The van der Waals surface area contributed by atoms with E-state index in [1.54, 1.807) is 36.7 Å². The molecule has 0 saturated carbocycles. The minimum absolute atomic E-state index is 0.0225. The molecule has 1 atom stereocenters. The van der Waals surface area contributed by atoms with Crippen LogP contribution in [0.5, 0.6) is 0 Å². The minimum Gasteiger partial charge on any atom is -0.395 e. The lowest BCUT2D eigenvalue weighted by Gasteiger charge is -2.33. The van der Waals surface area contributed by atoms with Crippen LogP contribution in [0.2, 0.25) is 0 Å². The zero-order chi connectivity index (χ0) is 25.9. The predicted molar refractivity (Wildman–Crippen MR) is 137 cm³/mol. The summed E-state index contributed by atoms with van der Waals surface area (Å²) < 4.78 is 3.97. The number of nitrogens with one attached hydrogen (secondary N) is 1. The summed E-state index contributed by atoms with van der Waals surface area (Å²) in [6.45, 7) is 9.71. The molecule has 0 saturated heterocycles. The first-order valence-corrected chi connectivity index (χ1v) is 11.9. The topological polar surface area (TPSA) is 144 Å². The Morgan fingerprint density at radius 1 is 1.00 bits per heavy atom. The van der Waals surface area contributed by atoms with E-state index in [-0.39, 0.29) is 28.1 Å². The molecule has 3 amide bonds. The molecule has 35 heavy (non-hydrogen) atoms. The number of rotatable bonds is 7. The number of nitrogens with two attached hydrogens (primary N) is 2. The quantitative estimate of drug-likeness (QED) is 0.457. The molecule has 2 aromatic heterocycles. The number of nitrogens with zero attached hydrogens (tertiary/aromatic N) is 3. The highest BCUT2D eigenvalue weighted by Crippen LogP contribution is 2.34. The standard InChI is InChI=1S/C25H30N6O3S/c1-14(2)15-6-8-17(9-7-15)31(24(34)21-18(26)19(22(27)32)30-35-21)20(16-10-12-28-13-11-16)23(33)29-25(3,4)5/h6-14,20H,26H2,1-5H3,(H2,27,32)(H,29,33). The van der Waals surface area contributed by atoms with Gasteiger partial charge in [0.2, 0.25) is 5.91 Å². The van der Waals surface area contributed by atoms with Crippen LogP contribution in [0.3, 0.4) is 0 Å². The Bertz CT molecular complexity index is 1220. The average molecular weight is 495 g/mol. The van der Waals surface area contributed by atoms with E-state index in [2.05, 4.69) is 28.5 Å². The number of benzene rings is 1. The van der Waals surface area contributed by atoms with Crippen molar-refractivity contribution in [2.75, 3.05) is 10.6 Å². The molecule has 0 aliphatic rings. The van der Waals surface area contributed by atoms with Crippen molar-refractivity contribution >= 4 is 40.6 Å². The van der Waals surface area contributed by atoms with E-state index in [9.17, 15) is 14.4 Å². The molecule has 1 unspecified atom stereocenters. The first-order valence-electron chi connectivity index (χ1n) is 11.1. The number of primary amides is 1. The van der Waals surface area contributed by atoms with Crippen molar-refractivity contribution in [3.05, 3.63) is 70.5 Å². The van der Waals surface area contributed by atoms with Crippen molar-refractivity contribution in [1.29, 1.82) is 0 Å². The number of anilines is 2. The Labute approximate surface area is 208 Å². The zero-order valence-electron chi connectivity index (χ0n) is 20.4.